The number of benzene rings is 1. The van der Waals surface area contributed by atoms with Crippen LogP contribution in [0.1, 0.15) is 25.3 Å². The first-order chi connectivity index (χ1) is 28.0. The first kappa shape index (κ1) is 53.3. The van der Waals surface area contributed by atoms with Crippen LogP contribution in [-0.4, -0.2) is 140 Å². The molecule has 0 amide bonds. The zero-order valence-electron chi connectivity index (χ0n) is 39.4. The molecule has 3 rings (SSSR count). The SMILES string of the molecule is C=C(CC[C@]12O[C@H](C(=O)OCC[Si](C)(C)C)[C@@](O)(C(=O)OCC[Si](C)(C)C)[C@](C(=O)OCC[Si](C)(C)C)(O1)[C@H](O)[C@H]2OCOCC[Si](C)(C)C)[C@@H](O)[C@H](C)Cc1ccccc1. The number of carbonyl (C=O) groups excluding carboxylic acids is 3. The van der Waals surface area contributed by atoms with Gasteiger partial charge in [-0.05, 0) is 54.1 Å². The highest BCUT2D eigenvalue weighted by Crippen LogP contribution is 2.56. The molecule has 0 radical (unpaired) electrons. The third-order valence-corrected chi connectivity index (χ3v) is 18.1. The Kier molecular flexibility index (Phi) is 18.6. The summed E-state index contributed by atoms with van der Waals surface area (Å²) in [4.78, 5) is 43.8. The number of ether oxygens (including phenoxy) is 7. The summed E-state index contributed by atoms with van der Waals surface area (Å²) in [6.45, 7) is 31.2. The highest BCUT2D eigenvalue weighted by molar-refractivity contribution is 6.77. The molecule has 2 saturated heterocycles. The van der Waals surface area contributed by atoms with Crippen molar-refractivity contribution in [3.63, 3.8) is 0 Å². The second-order valence-electron chi connectivity index (χ2n) is 21.9. The molecular weight excluding hydrogens is 849 g/mol. The summed E-state index contributed by atoms with van der Waals surface area (Å²) >= 11 is 0. The van der Waals surface area contributed by atoms with E-state index in [1.807, 2.05) is 37.3 Å². The molecule has 0 saturated carbocycles. The molecule has 0 aromatic heterocycles. The Bertz CT molecular complexity index is 1620. The van der Waals surface area contributed by atoms with Crippen LogP contribution in [0.25, 0.3) is 0 Å². The highest BCUT2D eigenvalue weighted by Gasteiger charge is 2.85. The predicted molar refractivity (Wildman–Crippen MR) is 247 cm³/mol. The topological polar surface area (TPSA) is 177 Å². The number of fused-ring (bicyclic) bond motifs is 2. The first-order valence-corrected chi connectivity index (χ1v) is 36.7. The summed E-state index contributed by atoms with van der Waals surface area (Å²) in [5, 5.41) is 37.1. The number of aliphatic hydroxyl groups is 3. The lowest BCUT2D eigenvalue weighted by molar-refractivity contribution is -0.378. The Balaban J connectivity index is 2.19. The minimum atomic E-state index is -3.31. The van der Waals surface area contributed by atoms with Crippen LogP contribution in [0.5, 0.6) is 0 Å². The molecule has 2 heterocycles. The van der Waals surface area contributed by atoms with Crippen molar-refractivity contribution in [2.45, 2.75) is 170 Å². The quantitative estimate of drug-likeness (QED) is 0.0232. The minimum absolute atomic E-state index is 0.000582. The number of hydrogen-bond acceptors (Lipinski definition) is 13. The summed E-state index contributed by atoms with van der Waals surface area (Å²) in [5.41, 5.74) is -4.88. The lowest BCUT2D eigenvalue weighted by atomic mass is 9.74. The van der Waals surface area contributed by atoms with Crippen LogP contribution in [0.2, 0.25) is 103 Å². The van der Waals surface area contributed by atoms with E-state index in [0.717, 1.165) is 11.6 Å². The van der Waals surface area contributed by atoms with Gasteiger partial charge in [0.05, 0.1) is 25.9 Å². The molecule has 0 unspecified atom stereocenters. The smallest absolute Gasteiger partial charge is 0.345 e. The molecule has 2 aliphatic heterocycles. The van der Waals surface area contributed by atoms with E-state index in [1.165, 1.54) is 0 Å². The van der Waals surface area contributed by atoms with Crippen molar-refractivity contribution < 1.29 is 62.9 Å². The fourth-order valence-electron chi connectivity index (χ4n) is 7.18. The van der Waals surface area contributed by atoms with E-state index >= 15 is 0 Å². The Labute approximate surface area is 369 Å². The largest absolute Gasteiger partial charge is 0.464 e. The summed E-state index contributed by atoms with van der Waals surface area (Å²) in [6, 6.07) is 12.1. The van der Waals surface area contributed by atoms with E-state index < -0.39 is 91.6 Å². The molecule has 2 fully saturated rings. The van der Waals surface area contributed by atoms with Gasteiger partial charge in [-0.15, -0.1) is 0 Å². The molecule has 2 aliphatic rings. The normalized spacial score (nSPS) is 26.7. The fraction of sp³-hybridized carbons (Fsp3) is 0.750. The molecule has 61 heavy (non-hydrogen) atoms. The Hall–Kier alpha value is -2.04. The van der Waals surface area contributed by atoms with E-state index in [4.69, 9.17) is 33.2 Å². The van der Waals surface area contributed by atoms with E-state index in [0.29, 0.717) is 36.7 Å². The third-order valence-electron chi connectivity index (χ3n) is 11.3. The van der Waals surface area contributed by atoms with Crippen molar-refractivity contribution in [3.05, 3.63) is 48.0 Å². The van der Waals surface area contributed by atoms with Gasteiger partial charge >= 0.3 is 17.9 Å². The Morgan fingerprint density at radius 2 is 1.26 bits per heavy atom. The predicted octanol–water partition coefficient (Wildman–Crippen LogP) is 6.86. The molecule has 0 aliphatic carbocycles. The second-order valence-corrected chi connectivity index (χ2v) is 44.4. The average Bonchev–Trinajstić information content (AvgIpc) is 3.35. The lowest BCUT2D eigenvalue weighted by Gasteiger charge is -2.50. The van der Waals surface area contributed by atoms with Crippen LogP contribution in [0.4, 0.5) is 0 Å². The molecule has 348 valence electrons. The summed E-state index contributed by atoms with van der Waals surface area (Å²) in [5.74, 6) is -6.29. The highest BCUT2D eigenvalue weighted by atomic mass is 28.3. The maximum atomic E-state index is 14.8. The van der Waals surface area contributed by atoms with Gasteiger partial charge in [-0.1, -0.05) is 122 Å². The van der Waals surface area contributed by atoms with E-state index in [1.54, 1.807) is 0 Å². The van der Waals surface area contributed by atoms with Crippen molar-refractivity contribution in [1.82, 2.24) is 0 Å². The van der Waals surface area contributed by atoms with Gasteiger partial charge in [-0.2, -0.15) is 0 Å². The van der Waals surface area contributed by atoms with Crippen LogP contribution in [0.3, 0.4) is 0 Å². The van der Waals surface area contributed by atoms with E-state index in [9.17, 15) is 29.7 Å². The van der Waals surface area contributed by atoms with Gasteiger partial charge in [0, 0.05) is 45.3 Å². The average molecular weight is 927 g/mol. The maximum Gasteiger partial charge on any atom is 0.345 e. The maximum absolute atomic E-state index is 14.8. The molecule has 13 nitrogen and oxygen atoms in total. The molecule has 0 spiro atoms. The van der Waals surface area contributed by atoms with Crippen molar-refractivity contribution in [2.24, 2.45) is 5.92 Å². The van der Waals surface area contributed by atoms with Crippen LogP contribution in [0.15, 0.2) is 42.5 Å². The zero-order chi connectivity index (χ0) is 46.2. The Morgan fingerprint density at radius 3 is 1.79 bits per heavy atom. The molecule has 17 heteroatoms. The van der Waals surface area contributed by atoms with Gasteiger partial charge in [-0.25, -0.2) is 14.4 Å². The van der Waals surface area contributed by atoms with Crippen molar-refractivity contribution in [2.75, 3.05) is 33.2 Å². The molecule has 8 atom stereocenters. The molecule has 1 aromatic rings. The lowest BCUT2D eigenvalue weighted by Crippen LogP contribution is -2.78. The fourth-order valence-corrected chi connectivity index (χ4v) is 10.1. The number of hydrogen-bond donors (Lipinski definition) is 3. The van der Waals surface area contributed by atoms with E-state index in [2.05, 4.69) is 85.1 Å². The van der Waals surface area contributed by atoms with Gasteiger partial charge in [0.1, 0.15) is 19.0 Å². The third kappa shape index (κ3) is 14.5. The van der Waals surface area contributed by atoms with Gasteiger partial charge in [0.2, 0.25) is 23.1 Å². The first-order valence-electron chi connectivity index (χ1n) is 21.9. The van der Waals surface area contributed by atoms with Crippen LogP contribution in [-0.2, 0) is 54.0 Å². The zero-order valence-corrected chi connectivity index (χ0v) is 43.4. The molecule has 2 bridgehead atoms. The van der Waals surface area contributed by atoms with Crippen molar-refractivity contribution in [1.29, 1.82) is 0 Å². The number of carbonyl (C=O) groups is 3. The monoisotopic (exact) mass is 926 g/mol. The summed E-state index contributed by atoms with van der Waals surface area (Å²) < 4.78 is 42.6. The molecular formula is C44H78O13Si4. The van der Waals surface area contributed by atoms with Gasteiger partial charge in [0.25, 0.3) is 0 Å². The van der Waals surface area contributed by atoms with Crippen molar-refractivity contribution >= 4 is 50.2 Å². The Morgan fingerprint density at radius 1 is 0.770 bits per heavy atom. The van der Waals surface area contributed by atoms with Gasteiger partial charge in [-0.3, -0.25) is 0 Å². The second kappa shape index (κ2) is 21.3. The van der Waals surface area contributed by atoms with Crippen LogP contribution in [0, 0.1) is 5.92 Å². The summed E-state index contributed by atoms with van der Waals surface area (Å²) in [6.07, 6.45) is -6.69. The van der Waals surface area contributed by atoms with Gasteiger partial charge < -0.3 is 48.5 Å². The number of esters is 3. The van der Waals surface area contributed by atoms with Gasteiger partial charge in [0.15, 0.2) is 0 Å². The number of aliphatic hydroxyl groups excluding tert-OH is 2. The molecule has 1 aromatic carbocycles. The number of rotatable bonds is 25. The van der Waals surface area contributed by atoms with Crippen LogP contribution >= 0.6 is 0 Å². The molecule has 3 N–H and O–H groups in total. The van der Waals surface area contributed by atoms with E-state index in [-0.39, 0.29) is 45.4 Å². The minimum Gasteiger partial charge on any atom is -0.464 e. The standard InChI is InChI=1S/C44H78O13Si4/c1-32(35(45)33(2)30-34-18-16-15-17-19-34)20-21-42-37(55-31-51-22-26-58(3,4)5)36(46)44(57-42,41(49)54-25-29-61(12,13)14)43(50,40(48)53-24-28-60(9,10)11)38(56-42)39(47)52-23-27-59(6,7)8/h15-19,33,35-38,45-46,50H,1,20-31H2,2-14H3/t33-,35-,36-,37-,38-,42+,43-,44+/m1/s1. The summed E-state index contributed by atoms with van der Waals surface area (Å²) in [7, 11) is -6.88. The van der Waals surface area contributed by atoms with Crippen molar-refractivity contribution in [3.8, 4) is 0 Å². The van der Waals surface area contributed by atoms with Crippen LogP contribution < -0.4 is 0 Å².